The number of aliphatic imine (C=N–C) groups is 2. The molecule has 0 aromatic carbocycles. The molecule has 62 valence electrons. The molecule has 0 fully saturated rings. The van der Waals surface area contributed by atoms with Gasteiger partial charge in [0.1, 0.15) is 0 Å². The second-order valence-electron chi connectivity index (χ2n) is 2.82. The van der Waals surface area contributed by atoms with Crippen molar-refractivity contribution in [2.45, 2.75) is 32.1 Å². The van der Waals surface area contributed by atoms with Gasteiger partial charge < -0.3 is 0 Å². The normalized spacial score (nSPS) is 21.1. The second kappa shape index (κ2) is 6.08. The molecule has 0 atom stereocenters. The van der Waals surface area contributed by atoms with E-state index in [0.29, 0.717) is 0 Å². The predicted molar refractivity (Wildman–Crippen MR) is 49.8 cm³/mol. The summed E-state index contributed by atoms with van der Waals surface area (Å²) in [5, 5.41) is 0. The number of hydrogen-bond acceptors (Lipinski definition) is 2. The number of nitrogens with zero attached hydrogens (tertiary/aromatic N) is 2. The molecule has 0 N–H and O–H groups in total. The maximum atomic E-state index is 4.05. The van der Waals surface area contributed by atoms with Gasteiger partial charge in [-0.1, -0.05) is 0 Å². The van der Waals surface area contributed by atoms with Crippen molar-refractivity contribution in [2.24, 2.45) is 9.98 Å². The van der Waals surface area contributed by atoms with Gasteiger partial charge in [-0.3, -0.25) is 9.98 Å². The van der Waals surface area contributed by atoms with Crippen molar-refractivity contribution >= 4 is 12.4 Å². The fourth-order valence-corrected chi connectivity index (χ4v) is 1.08. The molecule has 0 aromatic heterocycles. The minimum absolute atomic E-state index is 1.07. The zero-order chi connectivity index (χ0) is 7.78. The summed E-state index contributed by atoms with van der Waals surface area (Å²) in [7, 11) is 0. The van der Waals surface area contributed by atoms with Crippen LogP contribution < -0.4 is 0 Å². The van der Waals surface area contributed by atoms with E-state index in [0.717, 1.165) is 13.1 Å². The molecule has 0 aliphatic carbocycles. The van der Waals surface area contributed by atoms with E-state index in [1.54, 1.807) is 0 Å². The molecular formula is C9H16N2. The Labute approximate surface area is 68.4 Å². The van der Waals surface area contributed by atoms with Crippen LogP contribution in [0.5, 0.6) is 0 Å². The van der Waals surface area contributed by atoms with Gasteiger partial charge in [0.2, 0.25) is 0 Å². The van der Waals surface area contributed by atoms with Crippen LogP contribution in [0.1, 0.15) is 32.1 Å². The highest BCUT2D eigenvalue weighted by atomic mass is 14.7. The third-order valence-electron chi connectivity index (χ3n) is 1.75. The lowest BCUT2D eigenvalue weighted by Gasteiger charge is -1.97. The predicted octanol–water partition coefficient (Wildman–Crippen LogP) is 2.09. The first-order chi connectivity index (χ1) is 5.50. The minimum Gasteiger partial charge on any atom is -0.298 e. The zero-order valence-corrected chi connectivity index (χ0v) is 7.00. The molecule has 2 heterocycles. The summed E-state index contributed by atoms with van der Waals surface area (Å²) in [5.41, 5.74) is 0. The van der Waals surface area contributed by atoms with E-state index in [-0.39, 0.29) is 0 Å². The van der Waals surface area contributed by atoms with E-state index >= 15 is 0 Å². The van der Waals surface area contributed by atoms with Crippen LogP contribution in [0.2, 0.25) is 0 Å². The summed E-state index contributed by atoms with van der Waals surface area (Å²) in [4.78, 5) is 8.01. The molecule has 2 nitrogen and oxygen atoms in total. The number of hydrogen-bond donors (Lipinski definition) is 0. The Kier molecular flexibility index (Phi) is 4.66. The van der Waals surface area contributed by atoms with Crippen LogP contribution in [0.15, 0.2) is 9.98 Å². The van der Waals surface area contributed by atoms with Gasteiger partial charge in [0.25, 0.3) is 0 Å². The molecule has 2 heteroatoms. The first-order valence-electron chi connectivity index (χ1n) is 4.47. The van der Waals surface area contributed by atoms with E-state index < -0.39 is 0 Å². The van der Waals surface area contributed by atoms with Gasteiger partial charge in [0.05, 0.1) is 0 Å². The Balaban J connectivity index is 0.000000112. The van der Waals surface area contributed by atoms with Crippen molar-refractivity contribution < 1.29 is 0 Å². The van der Waals surface area contributed by atoms with Crippen LogP contribution in [0.3, 0.4) is 0 Å². The molecule has 0 bridgehead atoms. The fraction of sp³-hybridized carbons (Fsp3) is 0.778. The van der Waals surface area contributed by atoms with Crippen LogP contribution in [0.4, 0.5) is 0 Å². The van der Waals surface area contributed by atoms with Crippen molar-refractivity contribution in [3.63, 3.8) is 0 Å². The lowest BCUT2D eigenvalue weighted by Crippen LogP contribution is -1.89. The van der Waals surface area contributed by atoms with Gasteiger partial charge in [0, 0.05) is 13.1 Å². The minimum atomic E-state index is 1.07. The highest BCUT2D eigenvalue weighted by Gasteiger charge is 1.88. The van der Waals surface area contributed by atoms with Gasteiger partial charge in [-0.25, -0.2) is 0 Å². The molecule has 2 rings (SSSR count). The Morgan fingerprint density at radius 3 is 1.55 bits per heavy atom. The van der Waals surface area contributed by atoms with E-state index in [9.17, 15) is 0 Å². The molecule has 11 heavy (non-hydrogen) atoms. The van der Waals surface area contributed by atoms with Gasteiger partial charge in [-0.2, -0.15) is 0 Å². The average Bonchev–Trinajstić information content (AvgIpc) is 2.64. The van der Waals surface area contributed by atoms with Crippen LogP contribution >= 0.6 is 0 Å². The monoisotopic (exact) mass is 152 g/mol. The van der Waals surface area contributed by atoms with Crippen LogP contribution in [-0.2, 0) is 0 Å². The van der Waals surface area contributed by atoms with E-state index in [4.69, 9.17) is 0 Å². The van der Waals surface area contributed by atoms with E-state index in [1.165, 1.54) is 32.1 Å². The van der Waals surface area contributed by atoms with Crippen molar-refractivity contribution in [1.82, 2.24) is 0 Å². The van der Waals surface area contributed by atoms with Crippen LogP contribution in [-0.4, -0.2) is 25.5 Å². The Bertz CT molecular complexity index is 124. The molecule has 0 saturated heterocycles. The maximum Gasteiger partial charge on any atom is 0.0388 e. The van der Waals surface area contributed by atoms with Crippen molar-refractivity contribution in [3.8, 4) is 0 Å². The topological polar surface area (TPSA) is 24.7 Å². The molecule has 0 spiro atoms. The first kappa shape index (κ1) is 8.44. The van der Waals surface area contributed by atoms with Gasteiger partial charge >= 0.3 is 0 Å². The summed E-state index contributed by atoms with van der Waals surface area (Å²) in [6.45, 7) is 2.14. The van der Waals surface area contributed by atoms with Crippen LogP contribution in [0, 0.1) is 0 Å². The van der Waals surface area contributed by atoms with Gasteiger partial charge in [-0.05, 0) is 44.5 Å². The van der Waals surface area contributed by atoms with Crippen molar-refractivity contribution in [2.75, 3.05) is 13.1 Å². The molecule has 0 unspecified atom stereocenters. The maximum absolute atomic E-state index is 4.05. The summed E-state index contributed by atoms with van der Waals surface area (Å²) in [6, 6.07) is 0. The van der Waals surface area contributed by atoms with Gasteiger partial charge in [-0.15, -0.1) is 0 Å². The lowest BCUT2D eigenvalue weighted by atomic mass is 10.2. The third kappa shape index (κ3) is 4.71. The fourth-order valence-electron chi connectivity index (χ4n) is 1.08. The largest absolute Gasteiger partial charge is 0.298 e. The number of rotatable bonds is 0. The lowest BCUT2D eigenvalue weighted by molar-refractivity contribution is 0.749. The smallest absolute Gasteiger partial charge is 0.0388 e. The Morgan fingerprint density at radius 1 is 0.727 bits per heavy atom. The summed E-state index contributed by atoms with van der Waals surface area (Å²) >= 11 is 0. The zero-order valence-electron chi connectivity index (χ0n) is 7.00. The summed E-state index contributed by atoms with van der Waals surface area (Å²) in [5.74, 6) is 0. The Morgan fingerprint density at radius 2 is 1.36 bits per heavy atom. The molecular weight excluding hydrogens is 136 g/mol. The molecule has 0 aromatic rings. The SMILES string of the molecule is C1=NCCC1.C1=NCCCC1. The molecule has 2 aliphatic heterocycles. The highest BCUT2D eigenvalue weighted by molar-refractivity contribution is 5.58. The summed E-state index contributed by atoms with van der Waals surface area (Å²) < 4.78 is 0. The molecule has 0 saturated carbocycles. The van der Waals surface area contributed by atoms with E-state index in [1.807, 2.05) is 12.4 Å². The standard InChI is InChI=1S/C5H9N.C4H7N/c1-2-4-6-5-3-1;1-2-4-5-3-1/h4H,1-3,5H2;3H,1-2,4H2. The molecule has 2 aliphatic rings. The van der Waals surface area contributed by atoms with Crippen molar-refractivity contribution in [1.29, 1.82) is 0 Å². The highest BCUT2D eigenvalue weighted by Crippen LogP contribution is 1.97. The van der Waals surface area contributed by atoms with Gasteiger partial charge in [0.15, 0.2) is 0 Å². The average molecular weight is 152 g/mol. The Hall–Kier alpha value is -0.660. The summed E-state index contributed by atoms with van der Waals surface area (Å²) in [6.07, 6.45) is 10.4. The quantitative estimate of drug-likeness (QED) is 0.508. The first-order valence-corrected chi connectivity index (χ1v) is 4.47. The van der Waals surface area contributed by atoms with Crippen LogP contribution in [0.25, 0.3) is 0 Å². The molecule has 0 radical (unpaired) electrons. The van der Waals surface area contributed by atoms with Crippen molar-refractivity contribution in [3.05, 3.63) is 0 Å². The van der Waals surface area contributed by atoms with E-state index in [2.05, 4.69) is 9.98 Å². The molecule has 0 amide bonds. The third-order valence-corrected chi connectivity index (χ3v) is 1.75. The second-order valence-corrected chi connectivity index (χ2v) is 2.82.